The third-order valence-electron chi connectivity index (χ3n) is 6.37. The van der Waals surface area contributed by atoms with Gasteiger partial charge in [0.25, 0.3) is 0 Å². The third-order valence-corrected chi connectivity index (χ3v) is 8.18. The van der Waals surface area contributed by atoms with Crippen molar-refractivity contribution in [3.05, 3.63) is 66.6 Å². The number of rotatable bonds is 3. The van der Waals surface area contributed by atoms with Crippen molar-refractivity contribution in [2.45, 2.75) is 70.5 Å². The van der Waals surface area contributed by atoms with Crippen molar-refractivity contribution in [2.75, 3.05) is 0 Å². The summed E-state index contributed by atoms with van der Waals surface area (Å²) in [4.78, 5) is 22.8. The van der Waals surface area contributed by atoms with E-state index in [2.05, 4.69) is 22.0 Å². The van der Waals surface area contributed by atoms with Gasteiger partial charge in [0.1, 0.15) is 11.6 Å². The summed E-state index contributed by atoms with van der Waals surface area (Å²) in [6.07, 6.45) is 8.07. The van der Waals surface area contributed by atoms with Gasteiger partial charge in [0.05, 0.1) is 17.7 Å². The highest BCUT2D eigenvalue weighted by Gasteiger charge is 2.23. The number of carbonyl (C=O) groups is 2. The lowest BCUT2D eigenvalue weighted by molar-refractivity contribution is -0.119. The number of halogens is 3. The number of aryl methyl sites for hydroxylation is 2. The lowest BCUT2D eigenvalue weighted by Crippen LogP contribution is -2.22. The van der Waals surface area contributed by atoms with Gasteiger partial charge in [-0.15, -0.1) is 0 Å². The molecule has 1 fully saturated rings. The maximum Gasteiger partial charge on any atom is 0.137 e. The fourth-order valence-electron chi connectivity index (χ4n) is 4.24. The number of benzene rings is 2. The molecule has 0 radical (unpaired) electrons. The zero-order chi connectivity index (χ0) is 22.0. The second kappa shape index (κ2) is 10.2. The molecular weight excluding hydrogens is 499 g/mol. The first-order valence-corrected chi connectivity index (χ1v) is 12.4. The topological polar surface area (TPSA) is 43.4 Å². The van der Waals surface area contributed by atoms with Crippen LogP contribution in [0.5, 0.6) is 0 Å². The summed E-state index contributed by atoms with van der Waals surface area (Å²) < 4.78 is 6.74. The van der Waals surface area contributed by atoms with Crippen LogP contribution in [0.3, 0.4) is 0 Å². The SMILES string of the molecule is O=C1CCc2ccc(Cl)c(Br)c2C1.O=C1CCc2ccc(Cl)c(COC3CCC3)c2C1. The lowest BCUT2D eigenvalue weighted by Gasteiger charge is -2.27. The van der Waals surface area contributed by atoms with Crippen molar-refractivity contribution in [2.24, 2.45) is 0 Å². The molecule has 6 heteroatoms. The fraction of sp³-hybridized carbons (Fsp3) is 0.440. The van der Waals surface area contributed by atoms with Crippen LogP contribution >= 0.6 is 39.1 Å². The standard InChI is InChI=1S/C15H17ClO2.C10H8BrClO/c16-15-7-5-10-4-6-11(17)8-13(10)14(15)9-18-12-2-1-3-12;11-10-8-5-7(13)3-1-6(8)2-4-9(10)12/h5,7,12H,1-4,6,8-9H2;2,4H,1,3,5H2. The Kier molecular flexibility index (Phi) is 7.53. The molecule has 3 nitrogen and oxygen atoms in total. The molecule has 0 bridgehead atoms. The first kappa shape index (κ1) is 23.0. The van der Waals surface area contributed by atoms with Crippen molar-refractivity contribution < 1.29 is 14.3 Å². The Balaban J connectivity index is 0.000000158. The van der Waals surface area contributed by atoms with E-state index in [1.54, 1.807) is 0 Å². The molecular formula is C25H25BrCl2O3. The molecule has 0 amide bonds. The van der Waals surface area contributed by atoms with Gasteiger partial charge in [0.2, 0.25) is 0 Å². The Morgan fingerprint density at radius 1 is 0.839 bits per heavy atom. The van der Waals surface area contributed by atoms with E-state index < -0.39 is 0 Å². The number of hydrogen-bond acceptors (Lipinski definition) is 3. The van der Waals surface area contributed by atoms with Crippen LogP contribution in [-0.2, 0) is 46.6 Å². The summed E-state index contributed by atoms with van der Waals surface area (Å²) in [5.41, 5.74) is 5.75. The Bertz CT molecular complexity index is 1010. The predicted molar refractivity (Wildman–Crippen MR) is 127 cm³/mol. The number of hydrogen-bond donors (Lipinski definition) is 0. The highest BCUT2D eigenvalue weighted by molar-refractivity contribution is 9.10. The van der Waals surface area contributed by atoms with Crippen LogP contribution in [0.1, 0.15) is 59.9 Å². The maximum absolute atomic E-state index is 11.6. The van der Waals surface area contributed by atoms with E-state index in [9.17, 15) is 9.59 Å². The highest BCUT2D eigenvalue weighted by atomic mass is 79.9. The third kappa shape index (κ3) is 5.42. The van der Waals surface area contributed by atoms with Gasteiger partial charge in [-0.25, -0.2) is 0 Å². The molecule has 0 spiro atoms. The molecule has 2 aromatic rings. The van der Waals surface area contributed by atoms with E-state index in [1.807, 2.05) is 18.2 Å². The van der Waals surface area contributed by atoms with E-state index in [-0.39, 0.29) is 0 Å². The average Bonchev–Trinajstić information content (AvgIpc) is 2.72. The van der Waals surface area contributed by atoms with Crippen LogP contribution in [0.4, 0.5) is 0 Å². The molecule has 164 valence electrons. The minimum atomic E-state index is 0.301. The molecule has 2 aromatic carbocycles. The Hall–Kier alpha value is -1.20. The highest BCUT2D eigenvalue weighted by Crippen LogP contribution is 2.33. The van der Waals surface area contributed by atoms with Crippen LogP contribution < -0.4 is 0 Å². The van der Waals surface area contributed by atoms with Crippen LogP contribution in [0.25, 0.3) is 0 Å². The zero-order valence-corrected chi connectivity index (χ0v) is 20.4. The summed E-state index contributed by atoms with van der Waals surface area (Å²) in [5, 5.41) is 1.43. The largest absolute Gasteiger partial charge is 0.373 e. The van der Waals surface area contributed by atoms with Crippen molar-refractivity contribution in [3.8, 4) is 0 Å². The molecule has 0 N–H and O–H groups in total. The summed E-state index contributed by atoms with van der Waals surface area (Å²) in [5.74, 6) is 0.616. The Labute approximate surface area is 201 Å². The molecule has 3 aliphatic rings. The molecule has 1 saturated carbocycles. The molecule has 5 rings (SSSR count). The van der Waals surface area contributed by atoms with E-state index >= 15 is 0 Å². The van der Waals surface area contributed by atoms with Gasteiger partial charge in [-0.2, -0.15) is 0 Å². The van der Waals surface area contributed by atoms with E-state index in [1.165, 1.54) is 17.5 Å². The minimum Gasteiger partial charge on any atom is -0.373 e. The first-order valence-electron chi connectivity index (χ1n) is 10.8. The van der Waals surface area contributed by atoms with Gasteiger partial charge in [0, 0.05) is 40.7 Å². The van der Waals surface area contributed by atoms with Gasteiger partial charge < -0.3 is 4.74 Å². The maximum atomic E-state index is 11.6. The first-order chi connectivity index (χ1) is 14.9. The second-order valence-corrected chi connectivity index (χ2v) is 10.1. The van der Waals surface area contributed by atoms with Crippen LogP contribution in [0, 0.1) is 0 Å². The molecule has 0 heterocycles. The Morgan fingerprint density at radius 3 is 2.03 bits per heavy atom. The normalized spacial score (nSPS) is 17.9. The van der Waals surface area contributed by atoms with E-state index in [4.69, 9.17) is 27.9 Å². The number of carbonyl (C=O) groups excluding carboxylic acids is 2. The Morgan fingerprint density at radius 2 is 1.42 bits per heavy atom. The van der Waals surface area contributed by atoms with Crippen LogP contribution in [0.15, 0.2) is 28.7 Å². The molecule has 0 saturated heterocycles. The number of ether oxygens (including phenoxy) is 1. The average molecular weight is 524 g/mol. The van der Waals surface area contributed by atoms with E-state index in [0.717, 1.165) is 51.9 Å². The molecule has 31 heavy (non-hydrogen) atoms. The molecule has 0 aromatic heterocycles. The summed E-state index contributed by atoms with van der Waals surface area (Å²) in [7, 11) is 0. The molecule has 0 unspecified atom stereocenters. The monoisotopic (exact) mass is 522 g/mol. The van der Waals surface area contributed by atoms with E-state index in [0.29, 0.717) is 55.0 Å². The van der Waals surface area contributed by atoms with Gasteiger partial charge in [-0.3, -0.25) is 9.59 Å². The molecule has 3 aliphatic carbocycles. The predicted octanol–water partition coefficient (Wildman–Crippen LogP) is 6.63. The lowest BCUT2D eigenvalue weighted by atomic mass is 9.87. The summed E-state index contributed by atoms with van der Waals surface area (Å²) >= 11 is 15.6. The number of fused-ring (bicyclic) bond motifs is 2. The van der Waals surface area contributed by atoms with Gasteiger partial charge in [-0.1, -0.05) is 35.3 Å². The number of Topliss-reactive ketones (excluding diaryl/α,β-unsaturated/α-hetero) is 2. The summed E-state index contributed by atoms with van der Waals surface area (Å²) in [6, 6.07) is 7.88. The van der Waals surface area contributed by atoms with Crippen molar-refractivity contribution in [3.63, 3.8) is 0 Å². The van der Waals surface area contributed by atoms with Gasteiger partial charge >= 0.3 is 0 Å². The number of ketones is 2. The minimum absolute atomic E-state index is 0.301. The van der Waals surface area contributed by atoms with Gasteiger partial charge in [-0.05, 0) is 82.4 Å². The van der Waals surface area contributed by atoms with Crippen LogP contribution in [-0.4, -0.2) is 17.7 Å². The van der Waals surface area contributed by atoms with Gasteiger partial charge in [0.15, 0.2) is 0 Å². The van der Waals surface area contributed by atoms with Crippen molar-refractivity contribution >= 4 is 50.7 Å². The quantitative estimate of drug-likeness (QED) is 0.453. The van der Waals surface area contributed by atoms with Crippen molar-refractivity contribution in [1.82, 2.24) is 0 Å². The fourth-order valence-corrected chi connectivity index (χ4v) is 5.17. The smallest absolute Gasteiger partial charge is 0.137 e. The van der Waals surface area contributed by atoms with Crippen molar-refractivity contribution in [1.29, 1.82) is 0 Å². The molecule has 0 aliphatic heterocycles. The van der Waals surface area contributed by atoms with Crippen LogP contribution in [0.2, 0.25) is 10.0 Å². The zero-order valence-electron chi connectivity index (χ0n) is 17.3. The molecule has 0 atom stereocenters. The summed E-state index contributed by atoms with van der Waals surface area (Å²) in [6.45, 7) is 0.556. The second-order valence-electron chi connectivity index (χ2n) is 8.46.